The predicted molar refractivity (Wildman–Crippen MR) is 135 cm³/mol. The molecule has 2 aliphatic carbocycles. The van der Waals surface area contributed by atoms with Gasteiger partial charge in [0, 0.05) is 12.1 Å². The van der Waals surface area contributed by atoms with Crippen molar-refractivity contribution in [2.45, 2.75) is 49.2 Å². The van der Waals surface area contributed by atoms with Crippen LogP contribution in [0.15, 0.2) is 44.8 Å². The molecule has 0 amide bonds. The van der Waals surface area contributed by atoms with Crippen molar-refractivity contribution in [3.63, 3.8) is 0 Å². The maximum atomic E-state index is 13.1. The maximum absolute atomic E-state index is 13.1. The molecule has 4 N–H and O–H groups in total. The van der Waals surface area contributed by atoms with Crippen LogP contribution in [0, 0.1) is 5.41 Å². The van der Waals surface area contributed by atoms with E-state index in [-0.39, 0.29) is 44.8 Å². The van der Waals surface area contributed by atoms with Crippen LogP contribution in [0.1, 0.15) is 37.8 Å². The van der Waals surface area contributed by atoms with Crippen LogP contribution in [0.3, 0.4) is 0 Å². The maximum Gasteiger partial charge on any atom is 0.349 e. The summed E-state index contributed by atoms with van der Waals surface area (Å²) in [6.07, 6.45) is -1.15. The lowest BCUT2D eigenvalue weighted by molar-refractivity contribution is -0.0930. The Morgan fingerprint density at radius 2 is 1.77 bits per heavy atom. The summed E-state index contributed by atoms with van der Waals surface area (Å²) < 4.78 is 60.8. The van der Waals surface area contributed by atoms with Crippen LogP contribution < -0.4 is 20.7 Å². The Morgan fingerprint density at radius 1 is 1.13 bits per heavy atom. The van der Waals surface area contributed by atoms with E-state index < -0.39 is 44.0 Å². The van der Waals surface area contributed by atoms with Crippen LogP contribution in [-0.2, 0) is 10.0 Å². The molecule has 39 heavy (non-hydrogen) atoms. The number of halogens is 4. The third kappa shape index (κ3) is 5.26. The highest BCUT2D eigenvalue weighted by Gasteiger charge is 2.53. The summed E-state index contributed by atoms with van der Waals surface area (Å²) in [6.45, 7) is 0. The number of hydrogen-bond acceptors (Lipinski definition) is 8. The Labute approximate surface area is 229 Å². The number of aromatic nitrogens is 3. The standard InChI is InChI=1S/C23H20Cl2F2N4O7S/c24-14-3-11(31-22(35)28-21(34)18(29-31)20(26)27)4-15(25)19(14)38-13-1-2-16(33)17(5-13)39(36,37)30-10-6-23(7-10)8-12(32)9-23/h1-5,10,12,20,30,32-33H,6-9H2,(H,28,34,35). The van der Waals surface area contributed by atoms with Crippen LogP contribution in [0.4, 0.5) is 8.78 Å². The molecule has 1 aromatic heterocycles. The Hall–Kier alpha value is -3.04. The van der Waals surface area contributed by atoms with Gasteiger partial charge in [-0.1, -0.05) is 23.2 Å². The number of benzene rings is 2. The van der Waals surface area contributed by atoms with Crippen molar-refractivity contribution in [3.8, 4) is 22.9 Å². The first-order valence-electron chi connectivity index (χ1n) is 11.5. The van der Waals surface area contributed by atoms with Crippen molar-refractivity contribution in [2.24, 2.45) is 5.41 Å². The number of rotatable bonds is 7. The Bertz CT molecular complexity index is 1660. The Morgan fingerprint density at radius 3 is 2.36 bits per heavy atom. The topological polar surface area (TPSA) is 164 Å². The van der Waals surface area contributed by atoms with E-state index in [2.05, 4.69) is 9.82 Å². The highest BCUT2D eigenvalue weighted by Crippen LogP contribution is 2.56. The van der Waals surface area contributed by atoms with Crippen molar-refractivity contribution in [3.05, 3.63) is 66.9 Å². The quantitative estimate of drug-likeness (QED) is 0.319. The summed E-state index contributed by atoms with van der Waals surface area (Å²) in [5, 5.41) is 22.8. The van der Waals surface area contributed by atoms with Gasteiger partial charge < -0.3 is 14.9 Å². The number of ether oxygens (including phenoxy) is 1. The smallest absolute Gasteiger partial charge is 0.349 e. The Kier molecular flexibility index (Phi) is 6.96. The molecular formula is C23H20Cl2F2N4O7S. The molecule has 2 aromatic carbocycles. The first-order valence-corrected chi connectivity index (χ1v) is 13.7. The van der Waals surface area contributed by atoms with Gasteiger partial charge in [-0.15, -0.1) is 0 Å². The lowest BCUT2D eigenvalue weighted by Crippen LogP contribution is -2.57. The molecule has 5 rings (SSSR count). The van der Waals surface area contributed by atoms with E-state index in [1.807, 2.05) is 0 Å². The molecule has 3 aromatic rings. The third-order valence-corrected chi connectivity index (χ3v) is 8.86. The van der Waals surface area contributed by atoms with Gasteiger partial charge in [-0.25, -0.2) is 26.7 Å². The first kappa shape index (κ1) is 27.5. The number of sulfonamides is 1. The summed E-state index contributed by atoms with van der Waals surface area (Å²) in [7, 11) is -4.14. The number of H-pyrrole nitrogens is 1. The molecule has 11 nitrogen and oxygen atoms in total. The summed E-state index contributed by atoms with van der Waals surface area (Å²) in [4.78, 5) is 25.0. The van der Waals surface area contributed by atoms with Gasteiger partial charge >= 0.3 is 5.69 Å². The van der Waals surface area contributed by atoms with Crippen molar-refractivity contribution >= 4 is 33.2 Å². The molecule has 208 valence electrons. The van der Waals surface area contributed by atoms with E-state index in [9.17, 15) is 37.0 Å². The average molecular weight is 605 g/mol. The fourth-order valence-corrected chi connectivity index (χ4v) is 6.91. The van der Waals surface area contributed by atoms with Crippen molar-refractivity contribution in [2.75, 3.05) is 0 Å². The molecule has 1 spiro atoms. The van der Waals surface area contributed by atoms with Gasteiger partial charge in [-0.2, -0.15) is 9.78 Å². The second-order valence-electron chi connectivity index (χ2n) is 9.62. The van der Waals surface area contributed by atoms with E-state index in [4.69, 9.17) is 27.9 Å². The van der Waals surface area contributed by atoms with Gasteiger partial charge in [-0.05, 0) is 55.4 Å². The van der Waals surface area contributed by atoms with Crippen molar-refractivity contribution in [1.29, 1.82) is 0 Å². The summed E-state index contributed by atoms with van der Waals surface area (Å²) in [5.74, 6) is -0.745. The third-order valence-electron chi connectivity index (χ3n) is 6.75. The molecule has 2 saturated carbocycles. The molecule has 0 radical (unpaired) electrons. The molecule has 0 unspecified atom stereocenters. The zero-order valence-corrected chi connectivity index (χ0v) is 22.0. The van der Waals surface area contributed by atoms with Gasteiger partial charge in [0.15, 0.2) is 11.4 Å². The lowest BCUT2D eigenvalue weighted by Gasteiger charge is -2.56. The second kappa shape index (κ2) is 9.86. The molecule has 0 aliphatic heterocycles. The largest absolute Gasteiger partial charge is 0.507 e. The predicted octanol–water partition coefficient (Wildman–Crippen LogP) is 3.24. The van der Waals surface area contributed by atoms with Gasteiger partial charge in [-0.3, -0.25) is 9.78 Å². The Balaban J connectivity index is 1.39. The van der Waals surface area contributed by atoms with Crippen LogP contribution in [0.25, 0.3) is 5.69 Å². The molecule has 0 atom stereocenters. The SMILES string of the molecule is O=c1[nH]c(=O)n(-c2cc(Cl)c(Oc3ccc(O)c(S(=O)(=O)NC4CC5(CC(O)C5)C4)c3)c(Cl)c2)nc1C(F)F. The highest BCUT2D eigenvalue weighted by molar-refractivity contribution is 7.89. The van der Waals surface area contributed by atoms with Gasteiger partial charge in [0.05, 0.1) is 21.8 Å². The normalized spacial score (nSPS) is 22.5. The average Bonchev–Trinajstić information content (AvgIpc) is 2.79. The van der Waals surface area contributed by atoms with E-state index in [0.717, 1.165) is 24.3 Å². The van der Waals surface area contributed by atoms with Gasteiger partial charge in [0.1, 0.15) is 16.4 Å². The van der Waals surface area contributed by atoms with Crippen LogP contribution >= 0.6 is 23.2 Å². The number of phenols is 1. The number of aromatic amines is 1. The first-order chi connectivity index (χ1) is 18.3. The summed E-state index contributed by atoms with van der Waals surface area (Å²) >= 11 is 12.5. The van der Waals surface area contributed by atoms with Crippen LogP contribution in [0.2, 0.25) is 10.0 Å². The molecule has 2 fully saturated rings. The van der Waals surface area contributed by atoms with Crippen molar-refractivity contribution < 1.29 is 32.1 Å². The number of phenolic OH excluding ortho intramolecular Hbond substituents is 1. The summed E-state index contributed by atoms with van der Waals surface area (Å²) in [6, 6.07) is 5.36. The van der Waals surface area contributed by atoms with E-state index in [1.165, 1.54) is 6.07 Å². The molecule has 0 saturated heterocycles. The number of aromatic hydroxyl groups is 1. The highest BCUT2D eigenvalue weighted by atomic mass is 35.5. The fraction of sp³-hybridized carbons (Fsp3) is 0.348. The van der Waals surface area contributed by atoms with E-state index in [1.54, 1.807) is 4.98 Å². The van der Waals surface area contributed by atoms with E-state index >= 15 is 0 Å². The molecule has 16 heteroatoms. The zero-order chi connectivity index (χ0) is 28.3. The van der Waals surface area contributed by atoms with Gasteiger partial charge in [0.2, 0.25) is 10.0 Å². The number of alkyl halides is 2. The number of nitrogens with zero attached hydrogens (tertiary/aromatic N) is 2. The number of aliphatic hydroxyl groups excluding tert-OH is 1. The monoisotopic (exact) mass is 604 g/mol. The fourth-order valence-electron chi connectivity index (χ4n) is 5.01. The number of aliphatic hydroxyl groups is 1. The van der Waals surface area contributed by atoms with Crippen LogP contribution in [-0.4, -0.2) is 45.5 Å². The lowest BCUT2D eigenvalue weighted by atomic mass is 9.53. The molecule has 1 heterocycles. The minimum atomic E-state index is -4.14. The van der Waals surface area contributed by atoms with Crippen LogP contribution in [0.5, 0.6) is 17.2 Å². The van der Waals surface area contributed by atoms with Crippen molar-refractivity contribution in [1.82, 2.24) is 19.5 Å². The minimum Gasteiger partial charge on any atom is -0.507 e. The second-order valence-corrected chi connectivity index (χ2v) is 12.1. The van der Waals surface area contributed by atoms with Gasteiger partial charge in [0.25, 0.3) is 12.0 Å². The van der Waals surface area contributed by atoms with E-state index in [0.29, 0.717) is 30.4 Å². The summed E-state index contributed by atoms with van der Waals surface area (Å²) in [5.41, 5.74) is -3.82. The number of nitrogens with one attached hydrogen (secondary N) is 2. The zero-order valence-electron chi connectivity index (χ0n) is 19.7. The minimum absolute atomic E-state index is 0.0317. The molecule has 2 aliphatic rings. The number of hydrogen-bond donors (Lipinski definition) is 4. The molecule has 0 bridgehead atoms. The molecular weight excluding hydrogens is 585 g/mol.